The van der Waals surface area contributed by atoms with Gasteiger partial charge in [0.15, 0.2) is 0 Å². The van der Waals surface area contributed by atoms with E-state index in [0.717, 1.165) is 24.2 Å². The zero-order valence-electron chi connectivity index (χ0n) is 23.8. The van der Waals surface area contributed by atoms with Gasteiger partial charge in [-0.3, -0.25) is 4.79 Å². The van der Waals surface area contributed by atoms with Crippen molar-refractivity contribution in [2.45, 2.75) is 122 Å². The molecule has 0 aliphatic carbocycles. The first-order valence-corrected chi connectivity index (χ1v) is 14.6. The number of allylic oxidation sites excluding steroid dienone is 1. The Kier molecular flexibility index (Phi) is 22.2. The van der Waals surface area contributed by atoms with Gasteiger partial charge in [0.2, 0.25) is 5.76 Å². The minimum atomic E-state index is -5.18. The Balaban J connectivity index is 0.0000152. The standard InChI is InChI=1S/C31H46F3NO4.Co/c1-3-4-5-6-7-8-9-10-11-12-13-14-15-16-17-18-24-38-27-21-19-26(20-22-27)23-25-39-30(37)28(35-2)29(36)31(32,33)34;/h19-22,36H,3-18,23-25H2,1H3;/b29-28+;. The van der Waals surface area contributed by atoms with Gasteiger partial charge in [-0.2, -0.15) is 13.2 Å². The average molecular weight is 613 g/mol. The number of nitrogens with zero attached hydrogens (tertiary/aromatic N) is 1. The number of ether oxygens (including phenoxy) is 2. The van der Waals surface area contributed by atoms with Crippen molar-refractivity contribution < 1.29 is 49.3 Å². The number of esters is 1. The van der Waals surface area contributed by atoms with Crippen LogP contribution in [0.25, 0.3) is 4.85 Å². The van der Waals surface area contributed by atoms with Crippen LogP contribution in [-0.4, -0.2) is 30.5 Å². The fourth-order valence-electron chi connectivity index (χ4n) is 4.25. The molecule has 0 atom stereocenters. The predicted octanol–water partition coefficient (Wildman–Crippen LogP) is 9.66. The molecule has 0 aromatic heterocycles. The summed E-state index contributed by atoms with van der Waals surface area (Å²) in [5.74, 6) is -3.02. The molecule has 0 spiro atoms. The molecule has 0 unspecified atom stereocenters. The van der Waals surface area contributed by atoms with E-state index in [0.29, 0.717) is 6.61 Å². The normalized spacial score (nSPS) is 11.8. The third-order valence-electron chi connectivity index (χ3n) is 6.61. The summed E-state index contributed by atoms with van der Waals surface area (Å²) in [7, 11) is 0. The molecule has 1 aromatic rings. The van der Waals surface area contributed by atoms with Crippen LogP contribution in [0.4, 0.5) is 13.2 Å². The van der Waals surface area contributed by atoms with E-state index in [1.807, 2.05) is 0 Å². The zero-order chi connectivity index (χ0) is 28.8. The molecule has 0 amide bonds. The molecule has 0 aliphatic heterocycles. The molecule has 5 nitrogen and oxygen atoms in total. The number of alkyl halides is 3. The second-order valence-electron chi connectivity index (χ2n) is 9.99. The van der Waals surface area contributed by atoms with Crippen molar-refractivity contribution in [3.63, 3.8) is 0 Å². The second-order valence-corrected chi connectivity index (χ2v) is 9.99. The minimum Gasteiger partial charge on any atom is -0.515 e. The summed E-state index contributed by atoms with van der Waals surface area (Å²) < 4.78 is 47.9. The Hall–Kier alpha value is -2.18. The summed E-state index contributed by atoms with van der Waals surface area (Å²) in [5.41, 5.74) is -0.675. The molecule has 229 valence electrons. The number of benzene rings is 1. The maximum absolute atomic E-state index is 12.5. The van der Waals surface area contributed by atoms with Crippen molar-refractivity contribution in [1.82, 2.24) is 0 Å². The van der Waals surface area contributed by atoms with E-state index in [9.17, 15) is 18.0 Å². The summed E-state index contributed by atoms with van der Waals surface area (Å²) >= 11 is 0. The Bertz CT molecular complexity index is 867. The molecule has 1 N–H and O–H groups in total. The van der Waals surface area contributed by atoms with Crippen molar-refractivity contribution in [1.29, 1.82) is 0 Å². The van der Waals surface area contributed by atoms with Crippen LogP contribution < -0.4 is 4.74 Å². The third-order valence-corrected chi connectivity index (χ3v) is 6.61. The van der Waals surface area contributed by atoms with Crippen molar-refractivity contribution in [2.75, 3.05) is 13.2 Å². The number of carbonyl (C=O) groups excluding carboxylic acids is 1. The maximum Gasteiger partial charge on any atom is 0.438 e. The van der Waals surface area contributed by atoms with Gasteiger partial charge in [0, 0.05) is 23.2 Å². The van der Waals surface area contributed by atoms with E-state index >= 15 is 0 Å². The molecule has 1 radical (unpaired) electrons. The monoisotopic (exact) mass is 612 g/mol. The van der Waals surface area contributed by atoms with Crippen LogP contribution in [0.3, 0.4) is 0 Å². The summed E-state index contributed by atoms with van der Waals surface area (Å²) in [6.45, 7) is 9.37. The smallest absolute Gasteiger partial charge is 0.438 e. The van der Waals surface area contributed by atoms with Crippen LogP contribution in [-0.2, 0) is 32.7 Å². The Morgan fingerprint density at radius 2 is 1.25 bits per heavy atom. The molecule has 0 saturated carbocycles. The van der Waals surface area contributed by atoms with Gasteiger partial charge in [-0.25, -0.2) is 4.85 Å². The Labute approximate surface area is 248 Å². The first kappa shape index (κ1) is 37.8. The molecule has 0 saturated heterocycles. The van der Waals surface area contributed by atoms with Crippen LogP contribution in [0.5, 0.6) is 5.75 Å². The molecular weight excluding hydrogens is 566 g/mol. The van der Waals surface area contributed by atoms with Crippen LogP contribution in [0.15, 0.2) is 35.7 Å². The Morgan fingerprint density at radius 3 is 1.68 bits per heavy atom. The molecule has 9 heteroatoms. The molecule has 1 rings (SSSR count). The van der Waals surface area contributed by atoms with E-state index in [1.165, 1.54) is 89.9 Å². The summed E-state index contributed by atoms with van der Waals surface area (Å²) in [6.07, 6.45) is 16.2. The van der Waals surface area contributed by atoms with Crippen LogP contribution in [0, 0.1) is 6.57 Å². The second kappa shape index (κ2) is 23.5. The van der Waals surface area contributed by atoms with Gasteiger partial charge >= 0.3 is 17.8 Å². The van der Waals surface area contributed by atoms with Gasteiger partial charge in [0.1, 0.15) is 5.75 Å². The summed E-state index contributed by atoms with van der Waals surface area (Å²) in [5, 5.41) is 9.00. The number of carbonyl (C=O) groups is 1. The molecule has 0 aliphatic rings. The number of hydrogen-bond acceptors (Lipinski definition) is 4. The molecular formula is C31H46CoF3NO4. The number of hydrogen-bond donors (Lipinski definition) is 1. The average Bonchev–Trinajstić information content (AvgIpc) is 2.91. The van der Waals surface area contributed by atoms with Crippen LogP contribution in [0.1, 0.15) is 115 Å². The number of rotatable bonds is 22. The largest absolute Gasteiger partial charge is 0.515 e. The molecule has 40 heavy (non-hydrogen) atoms. The summed E-state index contributed by atoms with van der Waals surface area (Å²) in [6, 6.07) is 7.16. The van der Waals surface area contributed by atoms with E-state index in [1.54, 1.807) is 24.3 Å². The number of aliphatic hydroxyl groups excluding tert-OH is 1. The fourth-order valence-corrected chi connectivity index (χ4v) is 4.25. The zero-order valence-corrected chi connectivity index (χ0v) is 24.9. The third kappa shape index (κ3) is 18.2. The van der Waals surface area contributed by atoms with Gasteiger partial charge in [-0.05, 0) is 24.1 Å². The predicted molar refractivity (Wildman–Crippen MR) is 148 cm³/mol. The van der Waals surface area contributed by atoms with Crippen molar-refractivity contribution in [3.05, 3.63) is 52.7 Å². The van der Waals surface area contributed by atoms with Crippen molar-refractivity contribution in [2.24, 2.45) is 0 Å². The van der Waals surface area contributed by atoms with Gasteiger partial charge in [0.25, 0.3) is 0 Å². The molecule has 0 fully saturated rings. The molecule has 0 heterocycles. The molecule has 0 bridgehead atoms. The van der Waals surface area contributed by atoms with Gasteiger partial charge in [-0.1, -0.05) is 115 Å². The van der Waals surface area contributed by atoms with Gasteiger partial charge in [0.05, 0.1) is 19.8 Å². The van der Waals surface area contributed by atoms with Crippen molar-refractivity contribution in [3.8, 4) is 5.75 Å². The van der Waals surface area contributed by atoms with Crippen molar-refractivity contribution >= 4 is 5.97 Å². The number of halogens is 3. The van der Waals surface area contributed by atoms with E-state index < -0.39 is 23.6 Å². The van der Waals surface area contributed by atoms with E-state index in [4.69, 9.17) is 21.2 Å². The SMILES string of the molecule is [C-]#[N+]/C(C(=O)OCCc1ccc(OCCCCCCCCCCCCCCCCCC)cc1)=C(/O)C(F)(F)F.[Co]. The molecule has 1 aromatic carbocycles. The number of aliphatic hydroxyl groups is 1. The topological polar surface area (TPSA) is 60.1 Å². The van der Waals surface area contributed by atoms with Gasteiger partial charge in [-0.15, -0.1) is 0 Å². The maximum atomic E-state index is 12.5. The van der Waals surface area contributed by atoms with Gasteiger partial charge < -0.3 is 14.6 Å². The van der Waals surface area contributed by atoms with Crippen LogP contribution in [0.2, 0.25) is 0 Å². The number of unbranched alkanes of at least 4 members (excludes halogenated alkanes) is 15. The van der Waals surface area contributed by atoms with E-state index in [-0.39, 0.29) is 29.8 Å². The Morgan fingerprint density at radius 1 is 0.800 bits per heavy atom. The summed E-state index contributed by atoms with van der Waals surface area (Å²) in [4.78, 5) is 14.1. The quantitative estimate of drug-likeness (QED) is 0.0466. The van der Waals surface area contributed by atoms with E-state index in [2.05, 4.69) is 11.8 Å². The first-order chi connectivity index (χ1) is 18.8. The minimum absolute atomic E-state index is 0. The first-order valence-electron chi connectivity index (χ1n) is 14.6. The van der Waals surface area contributed by atoms with Crippen LogP contribution >= 0.6 is 0 Å². The fraction of sp³-hybridized carbons (Fsp3) is 0.677.